The van der Waals surface area contributed by atoms with Crippen molar-refractivity contribution in [3.05, 3.63) is 71.8 Å². The van der Waals surface area contributed by atoms with E-state index in [9.17, 15) is 9.59 Å². The first kappa shape index (κ1) is 25.8. The van der Waals surface area contributed by atoms with E-state index in [1.165, 1.54) is 0 Å². The monoisotopic (exact) mass is 474 g/mol. The van der Waals surface area contributed by atoms with Gasteiger partial charge in [0.15, 0.2) is 0 Å². The summed E-state index contributed by atoms with van der Waals surface area (Å²) in [5.74, 6) is 2.00. The third kappa shape index (κ3) is 6.12. The van der Waals surface area contributed by atoms with Crippen LogP contribution >= 0.6 is 0 Å². The van der Waals surface area contributed by atoms with Gasteiger partial charge in [-0.05, 0) is 87.2 Å². The molecule has 2 aromatic carbocycles. The molecule has 4 rings (SSSR count). The van der Waals surface area contributed by atoms with Crippen molar-refractivity contribution in [2.45, 2.75) is 78.4 Å². The van der Waals surface area contributed by atoms with E-state index in [4.69, 9.17) is 4.74 Å². The highest BCUT2D eigenvalue weighted by molar-refractivity contribution is 5.79. The molecular weight excluding hydrogens is 432 g/mol. The van der Waals surface area contributed by atoms with E-state index in [-0.39, 0.29) is 47.4 Å². The number of ether oxygens (including phenoxy) is 1. The highest BCUT2D eigenvalue weighted by Gasteiger charge is 2.43. The topological polar surface area (TPSA) is 43.4 Å². The molecule has 8 atom stereocenters. The first-order valence-corrected chi connectivity index (χ1v) is 13.6. The Hall–Kier alpha value is -2.26. The normalized spacial score (nSPS) is 30.9. The van der Waals surface area contributed by atoms with Crippen molar-refractivity contribution in [2.24, 2.45) is 35.5 Å². The number of Topliss-reactive ketones (excluding diaryl/α,β-unsaturated/α-hetero) is 2. The number of rotatable bonds is 8. The fraction of sp³-hybridized carbons (Fsp3) is 0.562. The molecule has 0 saturated heterocycles. The summed E-state index contributed by atoms with van der Waals surface area (Å²) in [6, 6.07) is 20.9. The van der Waals surface area contributed by atoms with Crippen LogP contribution in [0.15, 0.2) is 60.7 Å². The summed E-state index contributed by atoms with van der Waals surface area (Å²) in [6.45, 7) is 8.10. The fourth-order valence-electron chi connectivity index (χ4n) is 6.83. The predicted octanol–water partition coefficient (Wildman–Crippen LogP) is 7.77. The highest BCUT2D eigenvalue weighted by Crippen LogP contribution is 2.49. The maximum Gasteiger partial charge on any atom is 0.133 e. The van der Waals surface area contributed by atoms with E-state index < -0.39 is 0 Å². The number of hydrogen-bond acceptors (Lipinski definition) is 3. The van der Waals surface area contributed by atoms with Gasteiger partial charge >= 0.3 is 0 Å². The number of benzene rings is 2. The number of carbonyl (C=O) groups excluding carboxylic acids is 2. The van der Waals surface area contributed by atoms with Crippen molar-refractivity contribution >= 4 is 11.6 Å². The molecule has 0 amide bonds. The molecular formula is C32H42O3. The van der Waals surface area contributed by atoms with E-state index in [1.54, 1.807) is 13.8 Å². The largest absolute Gasteiger partial charge is 0.365 e. The Bertz CT molecular complexity index is 889. The molecule has 4 unspecified atom stereocenters. The SMILES string of the molecule is CC(=O)[C@H]1CC[C@@H](C)CC1C(OC(c1ccccc1)C1C[C@H](C)CC[C@@H]1C(C)=O)c1ccccc1. The van der Waals surface area contributed by atoms with Crippen molar-refractivity contribution in [2.75, 3.05) is 0 Å². The molecule has 2 saturated carbocycles. The summed E-state index contributed by atoms with van der Waals surface area (Å²) in [5, 5.41) is 0. The maximum absolute atomic E-state index is 12.8. The standard InChI is InChI=1S/C32H42O3/c1-21-15-17-27(23(3)33)29(19-21)31(25-11-7-5-8-12-25)35-32(26-13-9-6-10-14-26)30-20-22(2)16-18-28(30)24(4)34/h5-14,21-22,27-32H,15-20H2,1-4H3/t21-,22-,27-,28-,29?,30?,31?,32?/m1/s1. The lowest BCUT2D eigenvalue weighted by atomic mass is 9.68. The fourth-order valence-corrected chi connectivity index (χ4v) is 6.83. The molecule has 2 aliphatic rings. The highest BCUT2D eigenvalue weighted by atomic mass is 16.5. The lowest BCUT2D eigenvalue weighted by molar-refractivity contribution is -0.142. The predicted molar refractivity (Wildman–Crippen MR) is 141 cm³/mol. The minimum atomic E-state index is -0.178. The molecule has 0 N–H and O–H groups in total. The number of carbonyl (C=O) groups is 2. The van der Waals surface area contributed by atoms with E-state index in [0.717, 1.165) is 49.7 Å². The number of hydrogen-bond donors (Lipinski definition) is 0. The van der Waals surface area contributed by atoms with Crippen molar-refractivity contribution in [1.29, 1.82) is 0 Å². The van der Waals surface area contributed by atoms with Crippen molar-refractivity contribution in [3.63, 3.8) is 0 Å². The molecule has 2 aliphatic carbocycles. The molecule has 0 bridgehead atoms. The zero-order chi connectivity index (χ0) is 24.9. The van der Waals surface area contributed by atoms with Gasteiger partial charge in [0, 0.05) is 11.8 Å². The molecule has 35 heavy (non-hydrogen) atoms. The Kier molecular flexibility index (Phi) is 8.59. The molecule has 3 heteroatoms. The van der Waals surface area contributed by atoms with E-state index in [0.29, 0.717) is 11.8 Å². The van der Waals surface area contributed by atoms with Gasteiger partial charge < -0.3 is 4.74 Å². The van der Waals surface area contributed by atoms with Gasteiger partial charge in [-0.15, -0.1) is 0 Å². The lowest BCUT2D eigenvalue weighted by Crippen LogP contribution is -2.38. The third-order valence-corrected chi connectivity index (χ3v) is 8.70. The lowest BCUT2D eigenvalue weighted by Gasteiger charge is -2.44. The second kappa shape index (κ2) is 11.6. The van der Waals surface area contributed by atoms with Crippen LogP contribution in [0.5, 0.6) is 0 Å². The molecule has 0 aromatic heterocycles. The average Bonchev–Trinajstić information content (AvgIpc) is 2.85. The second-order valence-corrected chi connectivity index (χ2v) is 11.4. The van der Waals surface area contributed by atoms with Crippen LogP contribution in [-0.2, 0) is 14.3 Å². The zero-order valence-corrected chi connectivity index (χ0v) is 21.9. The van der Waals surface area contributed by atoms with Crippen molar-refractivity contribution in [3.8, 4) is 0 Å². The molecule has 188 valence electrons. The van der Waals surface area contributed by atoms with Crippen molar-refractivity contribution in [1.82, 2.24) is 0 Å². The van der Waals surface area contributed by atoms with Crippen LogP contribution in [-0.4, -0.2) is 11.6 Å². The van der Waals surface area contributed by atoms with E-state index in [2.05, 4.69) is 62.4 Å². The van der Waals surface area contributed by atoms with Gasteiger partial charge in [-0.2, -0.15) is 0 Å². The average molecular weight is 475 g/mol. The summed E-state index contributed by atoms with van der Waals surface area (Å²) < 4.78 is 7.25. The summed E-state index contributed by atoms with van der Waals surface area (Å²) in [5.41, 5.74) is 2.28. The number of ketones is 2. The molecule has 3 nitrogen and oxygen atoms in total. The van der Waals surface area contributed by atoms with E-state index >= 15 is 0 Å². The second-order valence-electron chi connectivity index (χ2n) is 11.4. The van der Waals surface area contributed by atoms with Gasteiger partial charge in [-0.3, -0.25) is 9.59 Å². The van der Waals surface area contributed by atoms with Crippen LogP contribution in [0.1, 0.15) is 89.6 Å². The van der Waals surface area contributed by atoms with Crippen LogP contribution in [0.4, 0.5) is 0 Å². The van der Waals surface area contributed by atoms with Crippen LogP contribution in [0, 0.1) is 35.5 Å². The van der Waals surface area contributed by atoms with Gasteiger partial charge in [0.2, 0.25) is 0 Å². The summed E-state index contributed by atoms with van der Waals surface area (Å²) in [6.07, 6.45) is 5.67. The minimum absolute atomic E-state index is 0.0155. The zero-order valence-electron chi connectivity index (χ0n) is 21.9. The molecule has 0 aliphatic heterocycles. The van der Waals surface area contributed by atoms with Gasteiger partial charge in [0.1, 0.15) is 11.6 Å². The quantitative estimate of drug-likeness (QED) is 0.392. The van der Waals surface area contributed by atoms with Crippen LogP contribution in [0.3, 0.4) is 0 Å². The summed E-state index contributed by atoms with van der Waals surface area (Å²) in [7, 11) is 0. The van der Waals surface area contributed by atoms with Gasteiger partial charge in [0.05, 0.1) is 12.2 Å². The van der Waals surface area contributed by atoms with Crippen molar-refractivity contribution < 1.29 is 14.3 Å². The van der Waals surface area contributed by atoms with Gasteiger partial charge in [-0.25, -0.2) is 0 Å². The first-order chi connectivity index (χ1) is 16.8. The first-order valence-electron chi connectivity index (χ1n) is 13.6. The van der Waals surface area contributed by atoms with Crippen LogP contribution in [0.25, 0.3) is 0 Å². The van der Waals surface area contributed by atoms with Gasteiger partial charge in [-0.1, -0.05) is 74.5 Å². The molecule has 0 heterocycles. The molecule has 0 radical (unpaired) electrons. The Morgan fingerprint density at radius 3 is 1.37 bits per heavy atom. The Morgan fingerprint density at radius 2 is 1.03 bits per heavy atom. The minimum Gasteiger partial charge on any atom is -0.365 e. The van der Waals surface area contributed by atoms with Crippen LogP contribution in [0.2, 0.25) is 0 Å². The third-order valence-electron chi connectivity index (χ3n) is 8.70. The Morgan fingerprint density at radius 1 is 0.657 bits per heavy atom. The molecule has 2 fully saturated rings. The summed E-state index contributed by atoms with van der Waals surface area (Å²) in [4.78, 5) is 25.6. The van der Waals surface area contributed by atoms with E-state index in [1.807, 2.05) is 12.1 Å². The van der Waals surface area contributed by atoms with Crippen LogP contribution < -0.4 is 0 Å². The Labute approximate surface area is 211 Å². The Balaban J connectivity index is 1.77. The summed E-state index contributed by atoms with van der Waals surface area (Å²) >= 11 is 0. The smallest absolute Gasteiger partial charge is 0.133 e. The van der Waals surface area contributed by atoms with Gasteiger partial charge in [0.25, 0.3) is 0 Å². The molecule has 2 aromatic rings. The molecule has 0 spiro atoms. The maximum atomic E-state index is 12.8.